The molecule has 2 aromatic carbocycles. The van der Waals surface area contributed by atoms with Gasteiger partial charge in [-0.3, -0.25) is 9.59 Å². The average molecular weight is 451 g/mol. The van der Waals surface area contributed by atoms with Crippen LogP contribution in [-0.2, 0) is 9.59 Å². The molecule has 1 unspecified atom stereocenters. The summed E-state index contributed by atoms with van der Waals surface area (Å²) < 4.78 is 5.66. The van der Waals surface area contributed by atoms with E-state index in [1.54, 1.807) is 29.2 Å². The monoisotopic (exact) mass is 450 g/mol. The lowest BCUT2D eigenvalue weighted by atomic mass is 9.94. The number of rotatable bonds is 9. The largest absolute Gasteiger partial charge is 0.872 e. The van der Waals surface area contributed by atoms with Gasteiger partial charge >= 0.3 is 0 Å². The van der Waals surface area contributed by atoms with Crippen molar-refractivity contribution in [1.29, 1.82) is 0 Å². The van der Waals surface area contributed by atoms with Crippen LogP contribution in [0.25, 0.3) is 5.76 Å². The second-order valence-electron chi connectivity index (χ2n) is 8.78. The van der Waals surface area contributed by atoms with Crippen LogP contribution in [0.5, 0.6) is 5.75 Å². The molecule has 1 heterocycles. The first-order valence-corrected chi connectivity index (χ1v) is 11.7. The number of Topliss-reactive ketones (excluding diaryl/α,β-unsaturated/α-hetero) is 1. The van der Waals surface area contributed by atoms with E-state index in [4.69, 9.17) is 4.74 Å². The summed E-state index contributed by atoms with van der Waals surface area (Å²) in [6.07, 6.45) is 0.0161. The van der Waals surface area contributed by atoms with Crippen LogP contribution in [0.3, 0.4) is 0 Å². The van der Waals surface area contributed by atoms with Gasteiger partial charge < -0.3 is 19.6 Å². The summed E-state index contributed by atoms with van der Waals surface area (Å²) in [5.74, 6) is -1.06. The number of carbonyl (C=O) groups is 2. The van der Waals surface area contributed by atoms with E-state index < -0.39 is 23.5 Å². The molecule has 0 spiro atoms. The Labute approximate surface area is 196 Å². The molecule has 0 bridgehead atoms. The number of nitrogens with zero attached hydrogens (tertiary/aromatic N) is 1. The van der Waals surface area contributed by atoms with Crippen LogP contribution in [0, 0.1) is 6.92 Å². The van der Waals surface area contributed by atoms with Gasteiger partial charge in [-0.2, -0.15) is 0 Å². The first-order valence-electron chi connectivity index (χ1n) is 11.7. The van der Waals surface area contributed by atoms with E-state index in [1.165, 1.54) is 4.90 Å². The maximum absolute atomic E-state index is 13.5. The lowest BCUT2D eigenvalue weighted by Crippen LogP contribution is -3.12. The molecule has 1 saturated heterocycles. The predicted molar refractivity (Wildman–Crippen MR) is 127 cm³/mol. The molecule has 1 fully saturated rings. The molecule has 1 amide bonds. The number of hydrogen-bond donors (Lipinski definition) is 1. The number of likely N-dealkylation sites (tertiary alicyclic amines) is 1. The van der Waals surface area contributed by atoms with Gasteiger partial charge in [0.1, 0.15) is 5.75 Å². The number of benzene rings is 2. The number of amides is 1. The zero-order chi connectivity index (χ0) is 24.1. The van der Waals surface area contributed by atoms with Gasteiger partial charge in [0.05, 0.1) is 38.3 Å². The van der Waals surface area contributed by atoms with E-state index in [2.05, 4.69) is 13.8 Å². The smallest absolute Gasteiger partial charge is 0.295 e. The van der Waals surface area contributed by atoms with Crippen molar-refractivity contribution in [3.05, 3.63) is 70.8 Å². The zero-order valence-corrected chi connectivity index (χ0v) is 20.2. The number of likely N-dealkylation sites (N-methyl/N-ethyl adjacent to an activating group) is 1. The Kier molecular flexibility index (Phi) is 7.92. The van der Waals surface area contributed by atoms with E-state index in [9.17, 15) is 14.7 Å². The number of ketones is 1. The molecular weight excluding hydrogens is 416 g/mol. The van der Waals surface area contributed by atoms with Crippen LogP contribution in [-0.4, -0.2) is 48.9 Å². The van der Waals surface area contributed by atoms with Crippen molar-refractivity contribution >= 4 is 17.4 Å². The third-order valence-corrected chi connectivity index (χ3v) is 6.12. The third-order valence-electron chi connectivity index (χ3n) is 6.12. The SMILES string of the molecule is CC[NH+](CC)CCN1C(=O)C(=O)C(=C([O-])c2ccc(OC(C)C)cc2)C1c1ccc(C)cc1. The van der Waals surface area contributed by atoms with Crippen LogP contribution in [0.4, 0.5) is 0 Å². The molecule has 1 atom stereocenters. The lowest BCUT2D eigenvalue weighted by Gasteiger charge is -2.28. The normalized spacial score (nSPS) is 17.9. The number of nitrogens with one attached hydrogen (secondary N) is 1. The Bertz CT molecular complexity index is 1010. The second-order valence-corrected chi connectivity index (χ2v) is 8.78. The van der Waals surface area contributed by atoms with Crippen molar-refractivity contribution < 1.29 is 24.3 Å². The van der Waals surface area contributed by atoms with Crippen molar-refractivity contribution in [1.82, 2.24) is 4.90 Å². The molecule has 6 nitrogen and oxygen atoms in total. The topological polar surface area (TPSA) is 74.1 Å². The lowest BCUT2D eigenvalue weighted by molar-refractivity contribution is -0.895. The fourth-order valence-corrected chi connectivity index (χ4v) is 4.19. The minimum absolute atomic E-state index is 0.0161. The fourth-order valence-electron chi connectivity index (χ4n) is 4.19. The maximum atomic E-state index is 13.5. The van der Waals surface area contributed by atoms with Crippen molar-refractivity contribution in [2.75, 3.05) is 26.2 Å². The quantitative estimate of drug-likeness (QED) is 0.360. The Morgan fingerprint density at radius 3 is 2.18 bits per heavy atom. The molecule has 3 rings (SSSR count). The van der Waals surface area contributed by atoms with Crippen molar-refractivity contribution in [2.24, 2.45) is 0 Å². The molecule has 33 heavy (non-hydrogen) atoms. The summed E-state index contributed by atoms with van der Waals surface area (Å²) in [6.45, 7) is 13.0. The number of carbonyl (C=O) groups excluding carboxylic acids is 2. The molecule has 1 aliphatic rings. The van der Waals surface area contributed by atoms with Crippen molar-refractivity contribution in [2.45, 2.75) is 46.8 Å². The second kappa shape index (κ2) is 10.7. The average Bonchev–Trinajstić information content (AvgIpc) is 3.05. The fraction of sp³-hybridized carbons (Fsp3) is 0.407. The summed E-state index contributed by atoms with van der Waals surface area (Å²) in [6, 6.07) is 13.7. The van der Waals surface area contributed by atoms with E-state index >= 15 is 0 Å². The maximum Gasteiger partial charge on any atom is 0.295 e. The summed E-state index contributed by atoms with van der Waals surface area (Å²) in [4.78, 5) is 29.0. The van der Waals surface area contributed by atoms with Gasteiger partial charge in [0.2, 0.25) is 5.78 Å². The Morgan fingerprint density at radius 1 is 1.03 bits per heavy atom. The first kappa shape index (κ1) is 24.5. The highest BCUT2D eigenvalue weighted by Gasteiger charge is 2.44. The number of hydrogen-bond acceptors (Lipinski definition) is 4. The third kappa shape index (κ3) is 5.45. The summed E-state index contributed by atoms with van der Waals surface area (Å²) in [5.41, 5.74) is 2.24. The predicted octanol–water partition coefficient (Wildman–Crippen LogP) is 1.93. The van der Waals surface area contributed by atoms with Crippen molar-refractivity contribution in [3.63, 3.8) is 0 Å². The highest BCUT2D eigenvalue weighted by molar-refractivity contribution is 6.46. The van der Waals surface area contributed by atoms with Crippen LogP contribution in [0.2, 0.25) is 0 Å². The van der Waals surface area contributed by atoms with Gasteiger partial charge in [0.15, 0.2) is 0 Å². The highest BCUT2D eigenvalue weighted by Crippen LogP contribution is 2.38. The van der Waals surface area contributed by atoms with E-state index in [0.29, 0.717) is 17.9 Å². The Balaban J connectivity index is 2.04. The summed E-state index contributed by atoms with van der Waals surface area (Å²) in [5, 5.41) is 13.5. The van der Waals surface area contributed by atoms with E-state index in [-0.39, 0.29) is 11.7 Å². The van der Waals surface area contributed by atoms with Crippen LogP contribution < -0.4 is 14.7 Å². The van der Waals surface area contributed by atoms with E-state index in [0.717, 1.165) is 30.8 Å². The zero-order valence-electron chi connectivity index (χ0n) is 20.2. The first-order chi connectivity index (χ1) is 15.8. The summed E-state index contributed by atoms with van der Waals surface area (Å²) in [7, 11) is 0. The molecule has 176 valence electrons. The highest BCUT2D eigenvalue weighted by atomic mass is 16.5. The minimum Gasteiger partial charge on any atom is -0.872 e. The standard InChI is InChI=1S/C27H34N2O4/c1-6-28(7-2)16-17-29-24(20-10-8-19(5)9-11-20)23(26(31)27(29)32)25(30)21-12-14-22(15-13-21)33-18(3)4/h8-15,18,24,30H,6-7,16-17H2,1-5H3. The van der Waals surface area contributed by atoms with Crippen LogP contribution in [0.1, 0.15) is 50.4 Å². The molecule has 1 aliphatic heterocycles. The van der Waals surface area contributed by atoms with Crippen LogP contribution in [0.15, 0.2) is 54.1 Å². The van der Waals surface area contributed by atoms with Gasteiger partial charge in [-0.1, -0.05) is 47.7 Å². The van der Waals surface area contributed by atoms with Gasteiger partial charge in [-0.15, -0.1) is 0 Å². The number of quaternary nitrogens is 1. The molecule has 2 aromatic rings. The van der Waals surface area contributed by atoms with Gasteiger partial charge in [0, 0.05) is 5.57 Å². The number of ether oxygens (including phenoxy) is 1. The molecule has 1 N–H and O–H groups in total. The van der Waals surface area contributed by atoms with Gasteiger partial charge in [-0.25, -0.2) is 0 Å². The molecule has 6 heteroatoms. The Morgan fingerprint density at radius 2 is 1.64 bits per heavy atom. The minimum atomic E-state index is -0.706. The Hall–Kier alpha value is -3.12. The molecule has 0 aromatic heterocycles. The molecule has 0 aliphatic carbocycles. The van der Waals surface area contributed by atoms with Crippen LogP contribution >= 0.6 is 0 Å². The molecule has 0 saturated carbocycles. The summed E-state index contributed by atoms with van der Waals surface area (Å²) >= 11 is 0. The van der Waals surface area contributed by atoms with E-state index in [1.807, 2.05) is 45.0 Å². The van der Waals surface area contributed by atoms with Crippen molar-refractivity contribution in [3.8, 4) is 5.75 Å². The molecular formula is C27H34N2O4. The molecule has 0 radical (unpaired) electrons. The van der Waals surface area contributed by atoms with Gasteiger partial charge in [0.25, 0.3) is 5.91 Å². The van der Waals surface area contributed by atoms with Gasteiger partial charge in [-0.05, 0) is 57.9 Å². The number of aryl methyl sites for hydroxylation is 1.